The summed E-state index contributed by atoms with van der Waals surface area (Å²) in [5.74, 6) is 0. The predicted molar refractivity (Wildman–Crippen MR) is 71.5 cm³/mol. The Balaban J connectivity index is 2.78. The van der Waals surface area contributed by atoms with E-state index < -0.39 is 5.56 Å². The second-order valence-electron chi connectivity index (χ2n) is 3.73. The van der Waals surface area contributed by atoms with Crippen LogP contribution in [0, 0.1) is 18.3 Å². The molecule has 0 fully saturated rings. The minimum atomic E-state index is -0.393. The van der Waals surface area contributed by atoms with Crippen molar-refractivity contribution in [2.24, 2.45) is 0 Å². The van der Waals surface area contributed by atoms with Crippen molar-refractivity contribution >= 4 is 11.8 Å². The topological polar surface area (TPSA) is 69.5 Å². The lowest BCUT2D eigenvalue weighted by Gasteiger charge is -2.07. The molecule has 0 spiro atoms. The number of rotatable bonds is 2. The Morgan fingerprint density at radius 3 is 2.72 bits per heavy atom. The van der Waals surface area contributed by atoms with Crippen molar-refractivity contribution in [1.82, 2.24) is 9.97 Å². The molecule has 1 heterocycles. The van der Waals surface area contributed by atoms with Crippen molar-refractivity contribution in [1.29, 1.82) is 5.26 Å². The predicted octanol–water partition coefficient (Wildman–Crippen LogP) is 2.34. The molecule has 0 aliphatic heterocycles. The minimum absolute atomic E-state index is 0.0575. The first-order chi connectivity index (χ1) is 8.67. The third-order valence-electron chi connectivity index (χ3n) is 2.60. The standard InChI is InChI=1S/C13H11N3OS/c1-8-5-3-4-6-9(8)11-10(7-14)12(17)16-13(15-11)18-2/h3-6H,1-2H3,(H,15,16,17). The van der Waals surface area contributed by atoms with Crippen LogP contribution < -0.4 is 5.56 Å². The number of nitrogens with zero attached hydrogens (tertiary/aromatic N) is 2. The fourth-order valence-corrected chi connectivity index (χ4v) is 2.06. The highest BCUT2D eigenvalue weighted by Crippen LogP contribution is 2.24. The van der Waals surface area contributed by atoms with Crippen LogP contribution in [-0.4, -0.2) is 16.2 Å². The first-order valence-corrected chi connectivity index (χ1v) is 6.54. The van der Waals surface area contributed by atoms with Gasteiger partial charge in [0, 0.05) is 5.56 Å². The number of benzene rings is 1. The molecular formula is C13H11N3OS. The van der Waals surface area contributed by atoms with Crippen molar-refractivity contribution in [2.45, 2.75) is 12.1 Å². The van der Waals surface area contributed by atoms with Gasteiger partial charge in [-0.2, -0.15) is 5.26 Å². The zero-order chi connectivity index (χ0) is 13.1. The van der Waals surface area contributed by atoms with E-state index in [0.29, 0.717) is 10.9 Å². The van der Waals surface area contributed by atoms with Crippen molar-refractivity contribution in [3.63, 3.8) is 0 Å². The number of aromatic amines is 1. The van der Waals surface area contributed by atoms with E-state index in [1.165, 1.54) is 11.8 Å². The molecule has 2 rings (SSSR count). The Morgan fingerprint density at radius 1 is 1.39 bits per heavy atom. The lowest BCUT2D eigenvalue weighted by molar-refractivity contribution is 0.937. The molecule has 1 aromatic heterocycles. The molecule has 1 N–H and O–H groups in total. The highest BCUT2D eigenvalue weighted by atomic mass is 32.2. The fourth-order valence-electron chi connectivity index (χ4n) is 1.69. The highest BCUT2D eigenvalue weighted by molar-refractivity contribution is 7.98. The summed E-state index contributed by atoms with van der Waals surface area (Å²) in [5, 5.41) is 9.61. The summed E-state index contributed by atoms with van der Waals surface area (Å²) in [6, 6.07) is 9.49. The SMILES string of the molecule is CSc1nc(-c2ccccc2C)c(C#N)c(=O)[nH]1. The Bertz CT molecular complexity index is 685. The third-order valence-corrected chi connectivity index (χ3v) is 3.18. The lowest BCUT2D eigenvalue weighted by atomic mass is 10.0. The van der Waals surface area contributed by atoms with Gasteiger partial charge in [-0.25, -0.2) is 4.98 Å². The van der Waals surface area contributed by atoms with E-state index in [0.717, 1.165) is 11.1 Å². The lowest BCUT2D eigenvalue weighted by Crippen LogP contribution is -2.14. The number of aromatic nitrogens is 2. The Hall–Kier alpha value is -2.06. The van der Waals surface area contributed by atoms with E-state index in [-0.39, 0.29) is 5.56 Å². The summed E-state index contributed by atoms with van der Waals surface area (Å²) >= 11 is 1.34. The highest BCUT2D eigenvalue weighted by Gasteiger charge is 2.14. The van der Waals surface area contributed by atoms with Gasteiger partial charge in [-0.1, -0.05) is 36.0 Å². The van der Waals surface area contributed by atoms with Gasteiger partial charge in [0.25, 0.3) is 5.56 Å². The van der Waals surface area contributed by atoms with Crippen LogP contribution in [0.5, 0.6) is 0 Å². The molecule has 0 atom stereocenters. The Morgan fingerprint density at radius 2 is 2.11 bits per heavy atom. The normalized spacial score (nSPS) is 10.1. The zero-order valence-electron chi connectivity index (χ0n) is 10.0. The zero-order valence-corrected chi connectivity index (χ0v) is 10.8. The molecule has 0 aliphatic rings. The molecule has 1 aromatic carbocycles. The summed E-state index contributed by atoms with van der Waals surface area (Å²) in [5.41, 5.74) is 1.91. The van der Waals surface area contributed by atoms with Gasteiger partial charge in [-0.05, 0) is 18.7 Å². The fraction of sp³-hybridized carbons (Fsp3) is 0.154. The number of aryl methyl sites for hydroxylation is 1. The molecule has 0 bridgehead atoms. The number of thioether (sulfide) groups is 1. The molecule has 18 heavy (non-hydrogen) atoms. The van der Waals surface area contributed by atoms with Crippen LogP contribution in [0.1, 0.15) is 11.1 Å². The van der Waals surface area contributed by atoms with Crippen LogP contribution in [0.3, 0.4) is 0 Å². The average Bonchev–Trinajstić information content (AvgIpc) is 2.38. The van der Waals surface area contributed by atoms with Gasteiger partial charge >= 0.3 is 0 Å². The number of hydrogen-bond acceptors (Lipinski definition) is 4. The molecular weight excluding hydrogens is 246 g/mol. The van der Waals surface area contributed by atoms with Crippen LogP contribution >= 0.6 is 11.8 Å². The molecule has 5 heteroatoms. The van der Waals surface area contributed by atoms with E-state index in [2.05, 4.69) is 9.97 Å². The minimum Gasteiger partial charge on any atom is -0.300 e. The van der Waals surface area contributed by atoms with Gasteiger partial charge in [-0.3, -0.25) is 4.79 Å². The third kappa shape index (κ3) is 2.15. The second kappa shape index (κ2) is 5.07. The molecule has 0 aliphatic carbocycles. The van der Waals surface area contributed by atoms with Crippen LogP contribution in [0.4, 0.5) is 0 Å². The first kappa shape index (κ1) is 12.4. The Kier molecular flexibility index (Phi) is 3.49. The largest absolute Gasteiger partial charge is 0.300 e. The molecule has 0 amide bonds. The van der Waals surface area contributed by atoms with Gasteiger partial charge in [0.15, 0.2) is 5.16 Å². The molecule has 0 radical (unpaired) electrons. The van der Waals surface area contributed by atoms with Gasteiger partial charge in [0.05, 0.1) is 5.69 Å². The number of H-pyrrole nitrogens is 1. The first-order valence-electron chi connectivity index (χ1n) is 5.31. The van der Waals surface area contributed by atoms with Crippen LogP contribution in [0.15, 0.2) is 34.2 Å². The van der Waals surface area contributed by atoms with Gasteiger partial charge in [0.2, 0.25) is 0 Å². The maximum absolute atomic E-state index is 11.8. The number of nitrogens with one attached hydrogen (secondary N) is 1. The average molecular weight is 257 g/mol. The monoisotopic (exact) mass is 257 g/mol. The maximum Gasteiger partial charge on any atom is 0.270 e. The van der Waals surface area contributed by atoms with E-state index in [4.69, 9.17) is 5.26 Å². The molecule has 0 saturated carbocycles. The van der Waals surface area contributed by atoms with Crippen LogP contribution in [0.2, 0.25) is 0 Å². The summed E-state index contributed by atoms with van der Waals surface area (Å²) in [4.78, 5) is 18.7. The van der Waals surface area contributed by atoms with E-state index in [1.54, 1.807) is 0 Å². The van der Waals surface area contributed by atoms with E-state index in [1.807, 2.05) is 43.5 Å². The second-order valence-corrected chi connectivity index (χ2v) is 4.52. The summed E-state index contributed by atoms with van der Waals surface area (Å²) in [7, 11) is 0. The van der Waals surface area contributed by atoms with Crippen molar-refractivity contribution < 1.29 is 0 Å². The van der Waals surface area contributed by atoms with Crippen molar-refractivity contribution in [3.05, 3.63) is 45.7 Å². The van der Waals surface area contributed by atoms with Crippen molar-refractivity contribution in [3.8, 4) is 17.3 Å². The quantitative estimate of drug-likeness (QED) is 0.662. The van der Waals surface area contributed by atoms with Gasteiger partial charge in [0.1, 0.15) is 11.6 Å². The van der Waals surface area contributed by atoms with Crippen molar-refractivity contribution in [2.75, 3.05) is 6.26 Å². The van der Waals surface area contributed by atoms with E-state index >= 15 is 0 Å². The van der Waals surface area contributed by atoms with Gasteiger partial charge < -0.3 is 4.98 Å². The number of hydrogen-bond donors (Lipinski definition) is 1. The summed E-state index contributed by atoms with van der Waals surface area (Å²) < 4.78 is 0. The Labute approximate surface area is 109 Å². The summed E-state index contributed by atoms with van der Waals surface area (Å²) in [6.07, 6.45) is 1.83. The molecule has 0 unspecified atom stereocenters. The summed E-state index contributed by atoms with van der Waals surface area (Å²) in [6.45, 7) is 1.93. The molecule has 0 saturated heterocycles. The van der Waals surface area contributed by atoms with Crippen LogP contribution in [-0.2, 0) is 0 Å². The van der Waals surface area contributed by atoms with E-state index in [9.17, 15) is 4.79 Å². The smallest absolute Gasteiger partial charge is 0.270 e. The van der Waals surface area contributed by atoms with Crippen LogP contribution in [0.25, 0.3) is 11.3 Å². The molecule has 2 aromatic rings. The molecule has 4 nitrogen and oxygen atoms in total. The number of nitriles is 1. The maximum atomic E-state index is 11.8. The van der Waals surface area contributed by atoms with Gasteiger partial charge in [-0.15, -0.1) is 0 Å². The molecule has 90 valence electrons.